The molecular formula is C29H27N3O2S. The molecule has 5 nitrogen and oxygen atoms in total. The number of hydrogen-bond donors (Lipinski definition) is 1. The molecule has 4 rings (SSSR count). The summed E-state index contributed by atoms with van der Waals surface area (Å²) in [5, 5.41) is 12.8. The van der Waals surface area contributed by atoms with E-state index in [9.17, 15) is 14.9 Å². The number of nitrogens with one attached hydrogen (secondary N) is 1. The molecular weight excluding hydrogens is 454 g/mol. The molecule has 3 aromatic carbocycles. The van der Waals surface area contributed by atoms with E-state index in [1.54, 1.807) is 6.07 Å². The SMILES string of the molecule is CCc1ccc(N2C(=O)C(Cc3cccc(C)c3)S/C2=C(/C#N)C(=O)Nc2ccccc2C)cc1. The number of para-hydroxylation sites is 1. The first-order valence-electron chi connectivity index (χ1n) is 11.6. The van der Waals surface area contributed by atoms with Gasteiger partial charge < -0.3 is 5.32 Å². The highest BCUT2D eigenvalue weighted by Gasteiger charge is 2.40. The summed E-state index contributed by atoms with van der Waals surface area (Å²) >= 11 is 1.28. The fourth-order valence-electron chi connectivity index (χ4n) is 4.05. The van der Waals surface area contributed by atoms with E-state index in [-0.39, 0.29) is 11.5 Å². The van der Waals surface area contributed by atoms with Crippen molar-refractivity contribution < 1.29 is 9.59 Å². The summed E-state index contributed by atoms with van der Waals surface area (Å²) in [7, 11) is 0. The van der Waals surface area contributed by atoms with E-state index >= 15 is 0 Å². The molecule has 1 atom stereocenters. The highest BCUT2D eigenvalue weighted by Crippen LogP contribution is 2.42. The number of carbonyl (C=O) groups excluding carboxylic acids is 2. The minimum atomic E-state index is -0.525. The molecule has 2 amide bonds. The van der Waals surface area contributed by atoms with Gasteiger partial charge in [-0.25, -0.2) is 0 Å². The normalized spacial score (nSPS) is 16.7. The smallest absolute Gasteiger partial charge is 0.269 e. The maximum absolute atomic E-state index is 13.6. The molecule has 35 heavy (non-hydrogen) atoms. The largest absolute Gasteiger partial charge is 0.321 e. The summed E-state index contributed by atoms with van der Waals surface area (Å²) in [4.78, 5) is 28.4. The minimum Gasteiger partial charge on any atom is -0.321 e. The molecule has 1 fully saturated rings. The van der Waals surface area contributed by atoms with Crippen molar-refractivity contribution in [2.75, 3.05) is 10.2 Å². The number of carbonyl (C=O) groups is 2. The molecule has 1 saturated heterocycles. The van der Waals surface area contributed by atoms with E-state index in [4.69, 9.17) is 0 Å². The van der Waals surface area contributed by atoms with Gasteiger partial charge in [0.05, 0.1) is 5.25 Å². The summed E-state index contributed by atoms with van der Waals surface area (Å²) in [5.74, 6) is -0.657. The van der Waals surface area contributed by atoms with Crippen molar-refractivity contribution in [3.05, 3.63) is 106 Å². The van der Waals surface area contributed by atoms with Gasteiger partial charge in [0, 0.05) is 11.4 Å². The Kier molecular flexibility index (Phi) is 7.38. The fraction of sp³-hybridized carbons (Fsp3) is 0.207. The van der Waals surface area contributed by atoms with Crippen LogP contribution in [0, 0.1) is 25.2 Å². The lowest BCUT2D eigenvalue weighted by atomic mass is 10.1. The second-order valence-corrected chi connectivity index (χ2v) is 9.75. The van der Waals surface area contributed by atoms with Gasteiger partial charge in [-0.3, -0.25) is 14.5 Å². The lowest BCUT2D eigenvalue weighted by Crippen LogP contribution is -2.31. The average Bonchev–Trinajstić information content (AvgIpc) is 3.16. The Balaban J connectivity index is 1.74. The molecule has 0 aromatic heterocycles. The van der Waals surface area contributed by atoms with E-state index in [2.05, 4.69) is 24.4 Å². The summed E-state index contributed by atoms with van der Waals surface area (Å²) in [5.41, 5.74) is 5.42. The Morgan fingerprint density at radius 2 is 1.77 bits per heavy atom. The van der Waals surface area contributed by atoms with Gasteiger partial charge in [0.2, 0.25) is 5.91 Å². The highest BCUT2D eigenvalue weighted by molar-refractivity contribution is 8.05. The van der Waals surface area contributed by atoms with Gasteiger partial charge in [0.1, 0.15) is 16.7 Å². The molecule has 1 unspecified atom stereocenters. The summed E-state index contributed by atoms with van der Waals surface area (Å²) in [6.45, 7) is 5.98. The Morgan fingerprint density at radius 3 is 2.43 bits per heavy atom. The van der Waals surface area contributed by atoms with Gasteiger partial charge in [-0.15, -0.1) is 0 Å². The number of hydrogen-bond acceptors (Lipinski definition) is 4. The van der Waals surface area contributed by atoms with Crippen LogP contribution < -0.4 is 10.2 Å². The first-order valence-corrected chi connectivity index (χ1v) is 12.5. The first kappa shape index (κ1) is 24.3. The molecule has 1 heterocycles. The zero-order valence-electron chi connectivity index (χ0n) is 20.0. The molecule has 3 aromatic rings. The van der Waals surface area contributed by atoms with Crippen molar-refractivity contribution in [3.63, 3.8) is 0 Å². The van der Waals surface area contributed by atoms with Crippen molar-refractivity contribution in [1.29, 1.82) is 5.26 Å². The van der Waals surface area contributed by atoms with E-state index in [0.29, 0.717) is 22.8 Å². The van der Waals surface area contributed by atoms with E-state index in [1.807, 2.05) is 74.5 Å². The maximum Gasteiger partial charge on any atom is 0.269 e. The number of nitrogens with zero attached hydrogens (tertiary/aromatic N) is 2. The van der Waals surface area contributed by atoms with E-state index < -0.39 is 11.2 Å². The molecule has 6 heteroatoms. The van der Waals surface area contributed by atoms with Gasteiger partial charge in [-0.1, -0.05) is 78.8 Å². The molecule has 0 spiro atoms. The van der Waals surface area contributed by atoms with Crippen LogP contribution in [0.5, 0.6) is 0 Å². The monoisotopic (exact) mass is 481 g/mol. The Hall–Kier alpha value is -3.82. The second kappa shape index (κ2) is 10.6. The van der Waals surface area contributed by atoms with Gasteiger partial charge in [-0.05, 0) is 61.6 Å². The fourth-order valence-corrected chi connectivity index (χ4v) is 5.36. The van der Waals surface area contributed by atoms with Crippen LogP contribution in [0.1, 0.15) is 29.2 Å². The average molecular weight is 482 g/mol. The number of rotatable bonds is 6. The van der Waals surface area contributed by atoms with Crippen molar-refractivity contribution in [3.8, 4) is 6.07 Å². The van der Waals surface area contributed by atoms with Crippen LogP contribution in [-0.4, -0.2) is 17.1 Å². The van der Waals surface area contributed by atoms with Crippen LogP contribution in [0.25, 0.3) is 0 Å². The quantitative estimate of drug-likeness (QED) is 0.350. The van der Waals surface area contributed by atoms with Crippen LogP contribution in [0.4, 0.5) is 11.4 Å². The van der Waals surface area contributed by atoms with Crippen LogP contribution in [0.15, 0.2) is 83.4 Å². The van der Waals surface area contributed by atoms with Crippen LogP contribution in [0.3, 0.4) is 0 Å². The number of benzene rings is 3. The summed E-state index contributed by atoms with van der Waals surface area (Å²) in [6.07, 6.45) is 1.39. The van der Waals surface area contributed by atoms with Crippen molar-refractivity contribution >= 4 is 35.0 Å². The number of amides is 2. The van der Waals surface area contributed by atoms with Crippen LogP contribution in [0.2, 0.25) is 0 Å². The number of thioether (sulfide) groups is 1. The standard InChI is InChI=1S/C29H27N3O2S/c1-4-21-12-14-23(15-13-21)32-28(34)26(17-22-10-7-8-19(2)16-22)35-29(32)24(18-30)27(33)31-25-11-6-5-9-20(25)3/h5-16,26H,4,17H2,1-3H3,(H,31,33)/b29-24-. The molecule has 0 aliphatic carbocycles. The molecule has 176 valence electrons. The van der Waals surface area contributed by atoms with Gasteiger partial charge >= 0.3 is 0 Å². The van der Waals surface area contributed by atoms with E-state index in [0.717, 1.165) is 28.7 Å². The van der Waals surface area contributed by atoms with Crippen molar-refractivity contribution in [1.82, 2.24) is 0 Å². The van der Waals surface area contributed by atoms with Gasteiger partial charge in [0.25, 0.3) is 5.91 Å². The number of anilines is 2. The maximum atomic E-state index is 13.6. The third-order valence-electron chi connectivity index (χ3n) is 6.01. The Morgan fingerprint density at radius 1 is 1.03 bits per heavy atom. The topological polar surface area (TPSA) is 73.2 Å². The molecule has 0 bridgehead atoms. The zero-order valence-corrected chi connectivity index (χ0v) is 20.9. The Bertz CT molecular complexity index is 1340. The van der Waals surface area contributed by atoms with Crippen molar-refractivity contribution in [2.24, 2.45) is 0 Å². The van der Waals surface area contributed by atoms with Gasteiger partial charge in [-0.2, -0.15) is 5.26 Å². The first-order chi connectivity index (χ1) is 16.9. The Labute approximate surface area is 210 Å². The summed E-state index contributed by atoms with van der Waals surface area (Å²) < 4.78 is 0. The van der Waals surface area contributed by atoms with Crippen LogP contribution >= 0.6 is 11.8 Å². The third-order valence-corrected chi connectivity index (χ3v) is 7.27. The van der Waals surface area contributed by atoms with E-state index in [1.165, 1.54) is 16.7 Å². The minimum absolute atomic E-state index is 0.0714. The predicted molar refractivity (Wildman–Crippen MR) is 142 cm³/mol. The van der Waals surface area contributed by atoms with Crippen molar-refractivity contribution in [2.45, 2.75) is 38.9 Å². The summed E-state index contributed by atoms with van der Waals surface area (Å²) in [6, 6.07) is 25.2. The number of aryl methyl sites for hydroxylation is 3. The highest BCUT2D eigenvalue weighted by atomic mass is 32.2. The lowest BCUT2D eigenvalue weighted by Gasteiger charge is -2.19. The predicted octanol–water partition coefficient (Wildman–Crippen LogP) is 5.93. The number of nitriles is 1. The van der Waals surface area contributed by atoms with Crippen LogP contribution in [-0.2, 0) is 22.4 Å². The lowest BCUT2D eigenvalue weighted by molar-refractivity contribution is -0.117. The van der Waals surface area contributed by atoms with Gasteiger partial charge in [0.15, 0.2) is 0 Å². The zero-order chi connectivity index (χ0) is 24.9. The molecule has 1 aliphatic heterocycles. The molecule has 1 N–H and O–H groups in total. The second-order valence-electron chi connectivity index (χ2n) is 8.55. The molecule has 0 saturated carbocycles. The third kappa shape index (κ3) is 5.31. The molecule has 1 aliphatic rings. The molecule has 0 radical (unpaired) electrons.